The molecule has 0 atom stereocenters. The van der Waals surface area contributed by atoms with Crippen molar-refractivity contribution in [2.75, 3.05) is 0 Å². The third-order valence-corrected chi connectivity index (χ3v) is 2.88. The van der Waals surface area contributed by atoms with Gasteiger partial charge in [0.25, 0.3) is 0 Å². The molecule has 0 unspecified atom stereocenters. The van der Waals surface area contributed by atoms with Crippen molar-refractivity contribution >= 4 is 13.6 Å². The van der Waals surface area contributed by atoms with Crippen LogP contribution >= 0.6 is 0 Å². The second-order valence-electron chi connectivity index (χ2n) is 6.32. The van der Waals surface area contributed by atoms with Crippen molar-refractivity contribution in [3.05, 3.63) is 100 Å². The second kappa shape index (κ2) is 22.4. The Bertz CT molecular complexity index is 479. The largest absolute Gasteiger partial charge is 0.545 e. The molecule has 2 aromatic rings. The average Bonchev–Trinajstić information content (AvgIpc) is 2.59. The summed E-state index contributed by atoms with van der Waals surface area (Å²) in [6, 6.07) is 22.2. The first kappa shape index (κ1) is 41.4. The summed E-state index contributed by atoms with van der Waals surface area (Å²) in [7, 11) is 0. The number of hydrogen-bond acceptors (Lipinski definition) is 2. The van der Waals surface area contributed by atoms with Gasteiger partial charge >= 0.3 is 0 Å². The van der Waals surface area contributed by atoms with E-state index >= 15 is 0 Å². The van der Waals surface area contributed by atoms with Gasteiger partial charge in [0.2, 0.25) is 0 Å². The van der Waals surface area contributed by atoms with E-state index in [0.717, 1.165) is 11.1 Å². The zero-order valence-corrected chi connectivity index (χ0v) is 22.5. The molecule has 28 heavy (non-hydrogen) atoms. The molecule has 0 aromatic heterocycles. The monoisotopic (exact) mass is 738 g/mol. The van der Waals surface area contributed by atoms with Crippen molar-refractivity contribution in [2.24, 2.45) is 0 Å². The summed E-state index contributed by atoms with van der Waals surface area (Å²) in [5.74, 6) is 0. The van der Waals surface area contributed by atoms with Gasteiger partial charge in [0, 0.05) is 40.2 Å². The van der Waals surface area contributed by atoms with Crippen LogP contribution in [0.1, 0.15) is 38.8 Å². The molecule has 0 aliphatic rings. The van der Waals surface area contributed by atoms with Crippen LogP contribution in [0.5, 0.6) is 0 Å². The van der Waals surface area contributed by atoms with E-state index in [0.29, 0.717) is 0 Å². The summed E-state index contributed by atoms with van der Waals surface area (Å²) < 4.78 is 0. The molecule has 0 saturated carbocycles. The van der Waals surface area contributed by atoms with Crippen LogP contribution in [0.3, 0.4) is 0 Å². The van der Waals surface area contributed by atoms with Gasteiger partial charge in [0.05, 0.1) is 0 Å². The molecule has 0 heterocycles. The average molecular weight is 737 g/mol. The van der Waals surface area contributed by atoms with Crippen molar-refractivity contribution < 1.29 is 49.8 Å². The van der Waals surface area contributed by atoms with Crippen molar-refractivity contribution in [1.29, 1.82) is 0 Å². The molecule has 0 bridgehead atoms. The third kappa shape index (κ3) is 19.8. The smallest absolute Gasteiger partial charge is 0 e. The molecule has 0 amide bonds. The molecule has 0 N–H and O–H groups in total. The van der Waals surface area contributed by atoms with Crippen LogP contribution in [-0.4, -0.2) is 13.6 Å². The van der Waals surface area contributed by atoms with Crippen LogP contribution in [0, 0.1) is 40.8 Å². The van der Waals surface area contributed by atoms with Crippen LogP contribution < -0.4 is 0 Å². The predicted molar refractivity (Wildman–Crippen MR) is 114 cm³/mol. The van der Waals surface area contributed by atoms with Gasteiger partial charge in [0.15, 0.2) is 0 Å². The Morgan fingerprint density at radius 3 is 1.04 bits per heavy atom. The van der Waals surface area contributed by atoms with Crippen LogP contribution in [0.15, 0.2) is 48.5 Å². The molecule has 2 rings (SSSR count). The zero-order valence-electron chi connectivity index (χ0n) is 17.7. The van der Waals surface area contributed by atoms with Gasteiger partial charge in [-0.15, -0.1) is 0 Å². The maximum absolute atomic E-state index is 7.75. The molecule has 0 fully saturated rings. The van der Waals surface area contributed by atoms with E-state index in [9.17, 15) is 0 Å². The van der Waals surface area contributed by atoms with Crippen LogP contribution in [0.2, 0.25) is 0 Å². The minimum absolute atomic E-state index is 0. The molecule has 2 aromatic carbocycles. The molecule has 0 spiro atoms. The summed E-state index contributed by atoms with van der Waals surface area (Å²) in [5.41, 5.74) is 2.30. The van der Waals surface area contributed by atoms with E-state index in [1.807, 2.05) is 48.5 Å². The van der Waals surface area contributed by atoms with Crippen LogP contribution in [-0.2, 0) is 60.6 Å². The molecule has 0 aliphatic heterocycles. The van der Waals surface area contributed by atoms with Crippen molar-refractivity contribution in [3.8, 4) is 0 Å². The summed E-state index contributed by atoms with van der Waals surface area (Å²) in [4.78, 5) is 15.5. The summed E-state index contributed by atoms with van der Waals surface area (Å²) in [6.45, 7) is 22.8. The molecule has 0 aliphatic carbocycles. The minimum Gasteiger partial charge on any atom is -0.545 e. The van der Waals surface area contributed by atoms with Gasteiger partial charge in [0.1, 0.15) is 0 Å². The van der Waals surface area contributed by atoms with E-state index < -0.39 is 0 Å². The van der Waals surface area contributed by atoms with Gasteiger partial charge < -0.3 is 38.3 Å². The van der Waals surface area contributed by atoms with Crippen molar-refractivity contribution in [1.82, 2.24) is 0 Å². The maximum atomic E-state index is 7.75. The first-order valence-corrected chi connectivity index (χ1v) is 7.33. The second-order valence-corrected chi connectivity index (χ2v) is 6.32. The summed E-state index contributed by atoms with van der Waals surface area (Å²) >= 11 is 0. The fourth-order valence-electron chi connectivity index (χ4n) is 1.63. The number of rotatable bonds is 2. The number of carbonyl (C=O) groups excluding carboxylic acids is 2. The Balaban J connectivity index is -0.0000000653. The molecular weight excluding hydrogens is 705 g/mol. The standard InChI is InChI=1S/2C10H12.2CHO.2CH3.2Ir/c2*1-10(2,3)9-7-5-4-6-8-9;2*1-2;;;;/h2*4-7H,1H2,2-3H3;2*1H;2*1H3;;/q2*-2;4*-1;;. The van der Waals surface area contributed by atoms with Crippen LogP contribution in [0.25, 0.3) is 0 Å². The van der Waals surface area contributed by atoms with E-state index in [-0.39, 0.29) is 65.9 Å². The molecule has 2 nitrogen and oxygen atoms in total. The molecule has 2 radical (unpaired) electrons. The summed E-state index contributed by atoms with van der Waals surface area (Å²) in [5, 5.41) is 0. The fraction of sp³-hybridized carbons (Fsp3) is 0.250. The predicted octanol–water partition coefficient (Wildman–Crippen LogP) is 5.54. The van der Waals surface area contributed by atoms with Gasteiger partial charge in [-0.25, -0.2) is 0 Å². The molecule has 0 saturated heterocycles. The Labute approximate surface area is 201 Å². The quantitative estimate of drug-likeness (QED) is 0.300. The maximum Gasteiger partial charge on any atom is 0 e. The molecular formula is C24H32Ir2O2-8. The van der Waals surface area contributed by atoms with Gasteiger partial charge in [-0.3, -0.25) is 13.6 Å². The van der Waals surface area contributed by atoms with E-state index in [4.69, 9.17) is 9.59 Å². The normalized spacial score (nSPS) is 8.50. The first-order chi connectivity index (χ1) is 11.2. The topological polar surface area (TPSA) is 34.1 Å². The Kier molecular flexibility index (Phi) is 33.1. The van der Waals surface area contributed by atoms with Crippen molar-refractivity contribution in [2.45, 2.75) is 38.5 Å². The van der Waals surface area contributed by atoms with Gasteiger partial charge in [-0.1, -0.05) is 27.7 Å². The van der Waals surface area contributed by atoms with Gasteiger partial charge in [-0.2, -0.15) is 82.6 Å². The zero-order chi connectivity index (χ0) is 19.2. The first-order valence-electron chi connectivity index (χ1n) is 7.33. The van der Waals surface area contributed by atoms with Gasteiger partial charge in [-0.05, 0) is 0 Å². The molecule has 166 valence electrons. The number of benzene rings is 2. The molecule has 4 heteroatoms. The van der Waals surface area contributed by atoms with E-state index in [2.05, 4.69) is 67.3 Å². The Morgan fingerprint density at radius 1 is 0.679 bits per heavy atom. The van der Waals surface area contributed by atoms with E-state index in [1.165, 1.54) is 0 Å². The van der Waals surface area contributed by atoms with Crippen molar-refractivity contribution in [3.63, 3.8) is 0 Å². The third-order valence-electron chi connectivity index (χ3n) is 2.88. The van der Waals surface area contributed by atoms with E-state index in [1.54, 1.807) is 0 Å². The SMILES string of the molecule is [CH-]=O.[CH-]=O.[CH2-]C(C)(C)c1[c-]cccc1.[CH2-]C(C)(C)c1[c-]cccc1.[CH3-].[CH3-].[Ir].[Ir]. The summed E-state index contributed by atoms with van der Waals surface area (Å²) in [6.07, 6.45) is 0. The Hall–Kier alpha value is -0.921. The number of hydrogen-bond donors (Lipinski definition) is 0. The Morgan fingerprint density at radius 2 is 0.929 bits per heavy atom. The fourth-order valence-corrected chi connectivity index (χ4v) is 1.63. The minimum atomic E-state index is -0.0126. The van der Waals surface area contributed by atoms with Crippen LogP contribution in [0.4, 0.5) is 0 Å².